The maximum absolute atomic E-state index is 10.5. The summed E-state index contributed by atoms with van der Waals surface area (Å²) in [5, 5.41) is 8.57. The van der Waals surface area contributed by atoms with Crippen LogP contribution in [0.1, 0.15) is 17.4 Å². The number of hydrogen-bond donors (Lipinski definition) is 2. The third kappa shape index (κ3) is 2.95. The van der Waals surface area contributed by atoms with Crippen LogP contribution in [0.5, 0.6) is 5.75 Å². The molecule has 0 radical (unpaired) electrons. The first-order valence-electron chi connectivity index (χ1n) is 3.81. The van der Waals surface area contributed by atoms with Crippen molar-refractivity contribution >= 4 is 17.5 Å². The average molecular weight is 200 g/mol. The zero-order chi connectivity index (χ0) is 9.84. The van der Waals surface area contributed by atoms with Crippen LogP contribution in [0.4, 0.5) is 0 Å². The zero-order valence-corrected chi connectivity index (χ0v) is 7.66. The monoisotopic (exact) mass is 199 g/mol. The van der Waals surface area contributed by atoms with E-state index in [0.29, 0.717) is 0 Å². The van der Waals surface area contributed by atoms with E-state index in [9.17, 15) is 4.79 Å². The van der Waals surface area contributed by atoms with Gasteiger partial charge in [0.2, 0.25) is 5.91 Å². The summed E-state index contributed by atoms with van der Waals surface area (Å²) in [5.74, 6) is -0.264. The zero-order valence-electron chi connectivity index (χ0n) is 6.90. The molecular formula is C9H10ClNO2. The fourth-order valence-electron chi connectivity index (χ4n) is 0.978. The number of primary amides is 1. The number of phenols is 1. The van der Waals surface area contributed by atoms with Crippen LogP contribution >= 0.6 is 11.6 Å². The number of aromatic hydroxyl groups is 1. The number of nitrogens with two attached hydrogens (primary N) is 1. The van der Waals surface area contributed by atoms with Crippen molar-refractivity contribution in [1.82, 2.24) is 0 Å². The smallest absolute Gasteiger partial charge is 0.219 e. The Hall–Kier alpha value is -1.22. The molecule has 0 saturated carbocycles. The van der Waals surface area contributed by atoms with E-state index in [4.69, 9.17) is 22.4 Å². The molecular weight excluding hydrogens is 190 g/mol. The fraction of sp³-hybridized carbons (Fsp3) is 0.222. The second-order valence-corrected chi connectivity index (χ2v) is 3.26. The van der Waals surface area contributed by atoms with Crippen molar-refractivity contribution < 1.29 is 9.90 Å². The highest BCUT2D eigenvalue weighted by atomic mass is 35.5. The van der Waals surface area contributed by atoms with Gasteiger partial charge < -0.3 is 10.8 Å². The van der Waals surface area contributed by atoms with Gasteiger partial charge in [-0.05, 0) is 17.7 Å². The van der Waals surface area contributed by atoms with Crippen LogP contribution in [0.15, 0.2) is 24.3 Å². The Labute approximate surface area is 81.1 Å². The molecule has 4 heteroatoms. The Balaban J connectivity index is 2.71. The lowest BCUT2D eigenvalue weighted by Crippen LogP contribution is -2.12. The van der Waals surface area contributed by atoms with Crippen molar-refractivity contribution in [3.63, 3.8) is 0 Å². The summed E-state index contributed by atoms with van der Waals surface area (Å²) in [5.41, 5.74) is 5.76. The summed E-state index contributed by atoms with van der Waals surface area (Å²) < 4.78 is 0. The molecule has 1 atom stereocenters. The maximum Gasteiger partial charge on any atom is 0.219 e. The van der Waals surface area contributed by atoms with Crippen molar-refractivity contribution in [3.8, 4) is 5.75 Å². The van der Waals surface area contributed by atoms with Crippen molar-refractivity contribution in [3.05, 3.63) is 29.8 Å². The van der Waals surface area contributed by atoms with Crippen LogP contribution in [0.3, 0.4) is 0 Å². The van der Waals surface area contributed by atoms with E-state index in [1.807, 2.05) is 0 Å². The van der Waals surface area contributed by atoms with Crippen LogP contribution in [-0.2, 0) is 4.79 Å². The predicted octanol–water partition coefficient (Wildman–Crippen LogP) is 1.55. The van der Waals surface area contributed by atoms with Crippen molar-refractivity contribution in [1.29, 1.82) is 0 Å². The molecule has 3 nitrogen and oxygen atoms in total. The molecule has 0 aliphatic carbocycles. The van der Waals surface area contributed by atoms with Gasteiger partial charge in [-0.2, -0.15) is 0 Å². The number of phenolic OH excluding ortho intramolecular Hbond substituents is 1. The van der Waals surface area contributed by atoms with Gasteiger partial charge in [0.25, 0.3) is 0 Å². The molecule has 70 valence electrons. The van der Waals surface area contributed by atoms with E-state index in [1.54, 1.807) is 12.1 Å². The number of rotatable bonds is 3. The van der Waals surface area contributed by atoms with Gasteiger partial charge in [0, 0.05) is 6.42 Å². The summed E-state index contributed by atoms with van der Waals surface area (Å²) in [6.45, 7) is 0. The topological polar surface area (TPSA) is 63.3 Å². The van der Waals surface area contributed by atoms with Crippen molar-refractivity contribution in [2.24, 2.45) is 5.73 Å². The number of benzene rings is 1. The standard InChI is InChI=1S/C9H10ClNO2/c10-8(5-9(11)13)6-1-3-7(12)4-2-6/h1-4,8,12H,5H2,(H2,11,13). The van der Waals surface area contributed by atoms with Gasteiger partial charge in [-0.25, -0.2) is 0 Å². The molecule has 1 aromatic rings. The van der Waals surface area contributed by atoms with Gasteiger partial charge in [-0.3, -0.25) is 4.79 Å². The lowest BCUT2D eigenvalue weighted by atomic mass is 10.1. The Morgan fingerprint density at radius 3 is 2.46 bits per heavy atom. The molecule has 1 rings (SSSR count). The molecule has 1 aromatic carbocycles. The Kier molecular flexibility index (Phi) is 3.14. The Morgan fingerprint density at radius 1 is 1.46 bits per heavy atom. The highest BCUT2D eigenvalue weighted by Crippen LogP contribution is 2.25. The summed E-state index contributed by atoms with van der Waals surface area (Å²) in [7, 11) is 0. The number of carbonyl (C=O) groups is 1. The lowest BCUT2D eigenvalue weighted by molar-refractivity contribution is -0.118. The molecule has 13 heavy (non-hydrogen) atoms. The maximum atomic E-state index is 10.5. The number of halogens is 1. The molecule has 0 bridgehead atoms. The first kappa shape index (κ1) is 9.86. The Bertz CT molecular complexity index is 297. The lowest BCUT2D eigenvalue weighted by Gasteiger charge is -2.06. The third-order valence-corrected chi connectivity index (χ3v) is 2.04. The number of hydrogen-bond acceptors (Lipinski definition) is 2. The third-order valence-electron chi connectivity index (χ3n) is 1.64. The molecule has 1 unspecified atom stereocenters. The van der Waals surface area contributed by atoms with E-state index < -0.39 is 11.3 Å². The number of alkyl halides is 1. The minimum atomic E-state index is -0.437. The van der Waals surface area contributed by atoms with E-state index in [1.165, 1.54) is 12.1 Å². The molecule has 0 fully saturated rings. The van der Waals surface area contributed by atoms with E-state index in [-0.39, 0.29) is 12.2 Å². The minimum absolute atomic E-state index is 0.104. The minimum Gasteiger partial charge on any atom is -0.508 e. The molecule has 0 saturated heterocycles. The van der Waals surface area contributed by atoms with Crippen molar-refractivity contribution in [2.75, 3.05) is 0 Å². The van der Waals surface area contributed by atoms with Gasteiger partial charge in [0.15, 0.2) is 0 Å². The Morgan fingerprint density at radius 2 is 2.00 bits per heavy atom. The largest absolute Gasteiger partial charge is 0.508 e. The van der Waals surface area contributed by atoms with Gasteiger partial charge in [-0.15, -0.1) is 11.6 Å². The first-order valence-corrected chi connectivity index (χ1v) is 4.24. The summed E-state index contributed by atoms with van der Waals surface area (Å²) >= 11 is 5.87. The van der Waals surface area contributed by atoms with Crippen LogP contribution in [-0.4, -0.2) is 11.0 Å². The highest BCUT2D eigenvalue weighted by Gasteiger charge is 2.10. The van der Waals surface area contributed by atoms with Crippen LogP contribution in [0.25, 0.3) is 0 Å². The first-order chi connectivity index (χ1) is 6.09. The molecule has 0 spiro atoms. The molecule has 0 aliphatic rings. The molecule has 1 amide bonds. The quantitative estimate of drug-likeness (QED) is 0.726. The van der Waals surface area contributed by atoms with Crippen LogP contribution in [0, 0.1) is 0 Å². The molecule has 0 heterocycles. The summed E-state index contributed by atoms with van der Waals surface area (Å²) in [6, 6.07) is 6.36. The predicted molar refractivity (Wildman–Crippen MR) is 50.5 cm³/mol. The van der Waals surface area contributed by atoms with E-state index >= 15 is 0 Å². The highest BCUT2D eigenvalue weighted by molar-refractivity contribution is 6.21. The van der Waals surface area contributed by atoms with Gasteiger partial charge in [0.1, 0.15) is 5.75 Å². The van der Waals surface area contributed by atoms with Gasteiger partial charge in [0.05, 0.1) is 5.38 Å². The van der Waals surface area contributed by atoms with E-state index in [0.717, 1.165) is 5.56 Å². The van der Waals surface area contributed by atoms with E-state index in [2.05, 4.69) is 0 Å². The average Bonchev–Trinajstić information content (AvgIpc) is 2.04. The number of amides is 1. The fourth-order valence-corrected chi connectivity index (χ4v) is 1.28. The van der Waals surface area contributed by atoms with Gasteiger partial charge in [-0.1, -0.05) is 12.1 Å². The summed E-state index contributed by atoms with van der Waals surface area (Å²) in [6.07, 6.45) is 0.104. The molecule has 0 aromatic heterocycles. The van der Waals surface area contributed by atoms with Gasteiger partial charge >= 0.3 is 0 Å². The second kappa shape index (κ2) is 4.14. The van der Waals surface area contributed by atoms with Crippen LogP contribution < -0.4 is 5.73 Å². The van der Waals surface area contributed by atoms with Crippen LogP contribution in [0.2, 0.25) is 0 Å². The molecule has 3 N–H and O–H groups in total. The summed E-state index contributed by atoms with van der Waals surface area (Å²) in [4.78, 5) is 10.5. The molecule has 0 aliphatic heterocycles. The SMILES string of the molecule is NC(=O)CC(Cl)c1ccc(O)cc1. The van der Waals surface area contributed by atoms with Crippen molar-refractivity contribution in [2.45, 2.75) is 11.8 Å². The number of carbonyl (C=O) groups excluding carboxylic acids is 1. The second-order valence-electron chi connectivity index (χ2n) is 2.73. The normalized spacial score (nSPS) is 12.4.